The van der Waals surface area contributed by atoms with E-state index in [-0.39, 0.29) is 6.61 Å². The van der Waals surface area contributed by atoms with E-state index >= 15 is 0 Å². The van der Waals surface area contributed by atoms with Crippen molar-refractivity contribution in [3.8, 4) is 0 Å². The second-order valence-electron chi connectivity index (χ2n) is 4.21. The number of alkyl carbamates (subject to hydrolysis) is 1. The minimum absolute atomic E-state index is 0.0934. The molecule has 0 aliphatic heterocycles. The first-order valence-corrected chi connectivity index (χ1v) is 6.15. The molecule has 2 amide bonds. The van der Waals surface area contributed by atoms with Crippen LogP contribution in [-0.4, -0.2) is 24.3 Å². The molecule has 0 radical (unpaired) electrons. The Morgan fingerprint density at radius 2 is 1.95 bits per heavy atom. The average Bonchev–Trinajstić information content (AvgIpc) is 2.44. The standard InChI is InChI=1S/C13H19N3O4/c1-3-20-16-13(2,11(14)17)15-12(18)19-9-10-7-5-4-6-8-10/h4-8,16H,3,9H2,1-2H3,(H2,14,17)(H,15,18)/t13-/m0/s1. The number of primary amides is 1. The Morgan fingerprint density at radius 1 is 1.30 bits per heavy atom. The summed E-state index contributed by atoms with van der Waals surface area (Å²) in [6.45, 7) is 3.51. The van der Waals surface area contributed by atoms with Gasteiger partial charge in [0.2, 0.25) is 0 Å². The minimum Gasteiger partial charge on any atom is -0.445 e. The van der Waals surface area contributed by atoms with Crippen LogP contribution in [0.25, 0.3) is 0 Å². The van der Waals surface area contributed by atoms with Gasteiger partial charge < -0.3 is 10.5 Å². The number of hydrogen-bond donors (Lipinski definition) is 3. The Morgan fingerprint density at radius 3 is 2.50 bits per heavy atom. The summed E-state index contributed by atoms with van der Waals surface area (Å²) in [5, 5.41) is 2.33. The van der Waals surface area contributed by atoms with Crippen molar-refractivity contribution in [1.29, 1.82) is 0 Å². The molecule has 4 N–H and O–H groups in total. The lowest BCUT2D eigenvalue weighted by atomic mass is 10.2. The molecule has 1 aromatic carbocycles. The van der Waals surface area contributed by atoms with Gasteiger partial charge in [-0.25, -0.2) is 4.79 Å². The van der Waals surface area contributed by atoms with Gasteiger partial charge in [-0.2, -0.15) is 5.48 Å². The summed E-state index contributed by atoms with van der Waals surface area (Å²) in [5.74, 6) is -0.789. The van der Waals surface area contributed by atoms with Crippen molar-refractivity contribution in [3.05, 3.63) is 35.9 Å². The van der Waals surface area contributed by atoms with Crippen LogP contribution in [-0.2, 0) is 21.0 Å². The molecule has 1 rings (SSSR count). The van der Waals surface area contributed by atoms with Crippen molar-refractivity contribution < 1.29 is 19.2 Å². The molecule has 110 valence electrons. The monoisotopic (exact) mass is 281 g/mol. The third-order valence-electron chi connectivity index (χ3n) is 2.48. The quantitative estimate of drug-likeness (QED) is 0.503. The summed E-state index contributed by atoms with van der Waals surface area (Å²) in [7, 11) is 0. The number of ether oxygens (including phenoxy) is 1. The van der Waals surface area contributed by atoms with E-state index in [0.29, 0.717) is 6.61 Å². The normalized spacial score (nSPS) is 13.3. The third kappa shape index (κ3) is 4.87. The Balaban J connectivity index is 2.52. The molecule has 7 nitrogen and oxygen atoms in total. The molecule has 0 spiro atoms. The van der Waals surface area contributed by atoms with E-state index in [1.807, 2.05) is 30.3 Å². The van der Waals surface area contributed by atoms with Crippen LogP contribution in [0.4, 0.5) is 4.79 Å². The highest BCUT2D eigenvalue weighted by Gasteiger charge is 2.33. The van der Waals surface area contributed by atoms with Crippen molar-refractivity contribution in [1.82, 2.24) is 10.8 Å². The van der Waals surface area contributed by atoms with Gasteiger partial charge in [-0.3, -0.25) is 14.9 Å². The topological polar surface area (TPSA) is 103 Å². The zero-order chi connectivity index (χ0) is 15.0. The van der Waals surface area contributed by atoms with Crippen LogP contribution in [0, 0.1) is 0 Å². The van der Waals surface area contributed by atoms with Gasteiger partial charge in [-0.15, -0.1) is 0 Å². The lowest BCUT2D eigenvalue weighted by Crippen LogP contribution is -2.64. The number of nitrogens with two attached hydrogens (primary N) is 1. The summed E-state index contributed by atoms with van der Waals surface area (Å²) < 4.78 is 5.00. The zero-order valence-electron chi connectivity index (χ0n) is 11.5. The molecule has 20 heavy (non-hydrogen) atoms. The minimum atomic E-state index is -1.54. The van der Waals surface area contributed by atoms with E-state index < -0.39 is 17.7 Å². The van der Waals surface area contributed by atoms with Crippen molar-refractivity contribution in [2.24, 2.45) is 5.73 Å². The first-order chi connectivity index (χ1) is 9.48. The van der Waals surface area contributed by atoms with E-state index in [1.165, 1.54) is 6.92 Å². The van der Waals surface area contributed by atoms with Crippen LogP contribution in [0.3, 0.4) is 0 Å². The van der Waals surface area contributed by atoms with Crippen molar-refractivity contribution >= 4 is 12.0 Å². The second-order valence-corrected chi connectivity index (χ2v) is 4.21. The van der Waals surface area contributed by atoms with E-state index in [4.69, 9.17) is 15.3 Å². The molecule has 1 atom stereocenters. The van der Waals surface area contributed by atoms with Gasteiger partial charge in [0.1, 0.15) is 6.61 Å². The predicted octanol–water partition coefficient (Wildman–Crippen LogP) is 0.655. The van der Waals surface area contributed by atoms with Crippen LogP contribution in [0.2, 0.25) is 0 Å². The van der Waals surface area contributed by atoms with Crippen LogP contribution in [0.5, 0.6) is 0 Å². The molecule has 7 heteroatoms. The molecule has 0 bridgehead atoms. The molecule has 1 aromatic rings. The van der Waals surface area contributed by atoms with Crippen molar-refractivity contribution in [3.63, 3.8) is 0 Å². The molecule has 0 saturated heterocycles. The number of benzene rings is 1. The average molecular weight is 281 g/mol. The molecular weight excluding hydrogens is 262 g/mol. The molecule has 0 aromatic heterocycles. The number of carbonyl (C=O) groups is 2. The summed E-state index contributed by atoms with van der Waals surface area (Å²) in [6.07, 6.45) is -0.776. The fourth-order valence-electron chi connectivity index (χ4n) is 1.32. The third-order valence-corrected chi connectivity index (χ3v) is 2.48. The maximum absolute atomic E-state index is 11.7. The molecular formula is C13H19N3O4. The number of hydroxylamine groups is 1. The summed E-state index contributed by atoms with van der Waals surface area (Å²) in [6, 6.07) is 9.17. The Labute approximate surface area is 117 Å². The van der Waals surface area contributed by atoms with E-state index in [1.54, 1.807) is 6.92 Å². The molecule has 0 aliphatic rings. The molecule has 0 unspecified atom stereocenters. The van der Waals surface area contributed by atoms with E-state index in [0.717, 1.165) is 5.56 Å². The number of amides is 2. The van der Waals surface area contributed by atoms with Crippen molar-refractivity contribution in [2.45, 2.75) is 26.1 Å². The Kier molecular flexibility index (Phi) is 5.95. The number of carbonyl (C=O) groups excluding carboxylic acids is 2. The lowest BCUT2D eigenvalue weighted by molar-refractivity contribution is -0.132. The van der Waals surface area contributed by atoms with Gasteiger partial charge in [0.05, 0.1) is 6.61 Å². The zero-order valence-corrected chi connectivity index (χ0v) is 11.5. The van der Waals surface area contributed by atoms with Crippen molar-refractivity contribution in [2.75, 3.05) is 6.61 Å². The van der Waals surface area contributed by atoms with Crippen LogP contribution in [0.1, 0.15) is 19.4 Å². The highest BCUT2D eigenvalue weighted by molar-refractivity contribution is 5.87. The number of hydrogen-bond acceptors (Lipinski definition) is 5. The maximum atomic E-state index is 11.7. The lowest BCUT2D eigenvalue weighted by Gasteiger charge is -2.27. The molecule has 0 heterocycles. The van der Waals surface area contributed by atoms with Crippen LogP contribution >= 0.6 is 0 Å². The molecule has 0 fully saturated rings. The summed E-state index contributed by atoms with van der Waals surface area (Å²) >= 11 is 0. The molecule has 0 aliphatic carbocycles. The van der Waals surface area contributed by atoms with Gasteiger partial charge in [0.15, 0.2) is 5.66 Å². The second kappa shape index (κ2) is 7.46. The molecule has 0 saturated carbocycles. The fraction of sp³-hybridized carbons (Fsp3) is 0.385. The SMILES string of the molecule is CCON[C@](C)(NC(=O)OCc1ccccc1)C(N)=O. The Hall–Kier alpha value is -2.12. The highest BCUT2D eigenvalue weighted by Crippen LogP contribution is 2.03. The Bertz CT molecular complexity index is 452. The van der Waals surface area contributed by atoms with Crippen LogP contribution < -0.4 is 16.5 Å². The van der Waals surface area contributed by atoms with Gasteiger partial charge in [0.25, 0.3) is 5.91 Å². The first-order valence-electron chi connectivity index (χ1n) is 6.15. The largest absolute Gasteiger partial charge is 0.445 e. The predicted molar refractivity (Wildman–Crippen MR) is 72.1 cm³/mol. The number of rotatable bonds is 7. The first kappa shape index (κ1) is 15.9. The van der Waals surface area contributed by atoms with Gasteiger partial charge in [-0.05, 0) is 19.4 Å². The van der Waals surface area contributed by atoms with Gasteiger partial charge in [0, 0.05) is 0 Å². The highest BCUT2D eigenvalue weighted by atomic mass is 16.6. The van der Waals surface area contributed by atoms with Gasteiger partial charge >= 0.3 is 6.09 Å². The fourth-order valence-corrected chi connectivity index (χ4v) is 1.32. The van der Waals surface area contributed by atoms with Gasteiger partial charge in [-0.1, -0.05) is 30.3 Å². The summed E-state index contributed by atoms with van der Waals surface area (Å²) in [4.78, 5) is 27.9. The van der Waals surface area contributed by atoms with E-state index in [2.05, 4.69) is 10.8 Å². The number of nitrogens with one attached hydrogen (secondary N) is 2. The van der Waals surface area contributed by atoms with Crippen LogP contribution in [0.15, 0.2) is 30.3 Å². The maximum Gasteiger partial charge on any atom is 0.409 e. The van der Waals surface area contributed by atoms with E-state index in [9.17, 15) is 9.59 Å². The summed E-state index contributed by atoms with van der Waals surface area (Å²) in [5.41, 5.74) is 6.90. The smallest absolute Gasteiger partial charge is 0.409 e.